The van der Waals surface area contributed by atoms with E-state index in [1.807, 2.05) is 4.68 Å². The molecule has 0 spiro atoms. The molecule has 1 saturated heterocycles. The minimum Gasteiger partial charge on any atom is -0.313 e. The Kier molecular flexibility index (Phi) is 5.66. The maximum Gasteiger partial charge on any atom is 0.0596 e. The molecular formula is C14H25N3S2. The number of likely N-dealkylation sites (N-methyl/N-ethyl adjacent to an activating group) is 1. The van der Waals surface area contributed by atoms with Crippen LogP contribution in [0.3, 0.4) is 0 Å². The van der Waals surface area contributed by atoms with Crippen molar-refractivity contribution in [3.05, 3.63) is 17.5 Å². The molecule has 1 aromatic heterocycles. The van der Waals surface area contributed by atoms with E-state index in [2.05, 4.69) is 67.8 Å². The zero-order valence-electron chi connectivity index (χ0n) is 12.3. The fourth-order valence-electron chi connectivity index (χ4n) is 2.74. The van der Waals surface area contributed by atoms with Gasteiger partial charge in [0.15, 0.2) is 0 Å². The third-order valence-corrected chi connectivity index (χ3v) is 6.88. The second-order valence-electron chi connectivity index (χ2n) is 5.18. The Morgan fingerprint density at radius 2 is 2.21 bits per heavy atom. The van der Waals surface area contributed by atoms with Crippen molar-refractivity contribution in [3.8, 4) is 0 Å². The molecule has 1 aromatic rings. The van der Waals surface area contributed by atoms with E-state index in [1.165, 1.54) is 17.2 Å². The van der Waals surface area contributed by atoms with Gasteiger partial charge < -0.3 is 5.32 Å². The van der Waals surface area contributed by atoms with Crippen LogP contribution in [0, 0.1) is 6.92 Å². The van der Waals surface area contributed by atoms with Crippen LogP contribution in [0.15, 0.2) is 6.07 Å². The van der Waals surface area contributed by atoms with E-state index in [9.17, 15) is 0 Å². The van der Waals surface area contributed by atoms with Crippen molar-refractivity contribution in [1.29, 1.82) is 0 Å². The average molecular weight is 300 g/mol. The summed E-state index contributed by atoms with van der Waals surface area (Å²) in [6.45, 7) is 7.68. The number of hydrogen-bond donors (Lipinski definition) is 1. The van der Waals surface area contributed by atoms with Gasteiger partial charge in [-0.05, 0) is 19.5 Å². The fraction of sp³-hybridized carbons (Fsp3) is 0.786. The molecule has 3 nitrogen and oxygen atoms in total. The molecule has 3 atom stereocenters. The van der Waals surface area contributed by atoms with Crippen LogP contribution in [0.4, 0.5) is 0 Å². The van der Waals surface area contributed by atoms with Gasteiger partial charge in [-0.3, -0.25) is 4.68 Å². The normalized spacial score (nSPS) is 25.5. The number of hydrogen-bond acceptors (Lipinski definition) is 4. The van der Waals surface area contributed by atoms with Gasteiger partial charge in [-0.25, -0.2) is 0 Å². The van der Waals surface area contributed by atoms with Crippen molar-refractivity contribution in [2.75, 3.05) is 18.1 Å². The minimum absolute atomic E-state index is 0.549. The highest BCUT2D eigenvalue weighted by atomic mass is 32.2. The van der Waals surface area contributed by atoms with Gasteiger partial charge in [0.25, 0.3) is 0 Å². The summed E-state index contributed by atoms with van der Waals surface area (Å²) in [5.41, 5.74) is 2.46. The summed E-state index contributed by atoms with van der Waals surface area (Å²) in [5.74, 6) is 2.58. The second-order valence-corrected chi connectivity index (χ2v) is 7.95. The van der Waals surface area contributed by atoms with Gasteiger partial charge in [-0.1, -0.05) is 13.8 Å². The fourth-order valence-corrected chi connectivity index (χ4v) is 5.70. The molecule has 1 aliphatic rings. The molecule has 0 amide bonds. The summed E-state index contributed by atoms with van der Waals surface area (Å²) in [5, 5.41) is 9.59. The summed E-state index contributed by atoms with van der Waals surface area (Å²) in [6, 6.07) is 2.77. The van der Waals surface area contributed by atoms with Crippen molar-refractivity contribution in [2.45, 2.75) is 43.7 Å². The number of nitrogens with one attached hydrogen (secondary N) is 1. The lowest BCUT2D eigenvalue weighted by molar-refractivity contribution is 0.486. The first-order valence-electron chi connectivity index (χ1n) is 7.08. The zero-order chi connectivity index (χ0) is 13.8. The number of rotatable bonds is 5. The molecule has 0 aliphatic carbocycles. The summed E-state index contributed by atoms with van der Waals surface area (Å²) in [7, 11) is 2.05. The molecule has 0 bridgehead atoms. The van der Waals surface area contributed by atoms with E-state index in [0.29, 0.717) is 11.3 Å². The molecule has 2 heterocycles. The molecule has 108 valence electrons. The summed E-state index contributed by atoms with van der Waals surface area (Å²) >= 11 is 4.26. The Hall–Kier alpha value is -0.130. The molecule has 1 fully saturated rings. The molecule has 1 aliphatic heterocycles. The maximum absolute atomic E-state index is 4.47. The molecule has 2 rings (SSSR count). The van der Waals surface area contributed by atoms with Crippen LogP contribution in [0.25, 0.3) is 0 Å². The van der Waals surface area contributed by atoms with Crippen LogP contribution in [-0.4, -0.2) is 44.4 Å². The Morgan fingerprint density at radius 3 is 2.79 bits per heavy atom. The molecule has 0 aromatic carbocycles. The number of nitrogens with zero attached hydrogens (tertiary/aromatic N) is 2. The quantitative estimate of drug-likeness (QED) is 0.905. The van der Waals surface area contributed by atoms with Crippen molar-refractivity contribution in [3.63, 3.8) is 0 Å². The lowest BCUT2D eigenvalue weighted by atomic mass is 10.0. The predicted octanol–water partition coefficient (Wildman–Crippen LogP) is 2.49. The molecule has 19 heavy (non-hydrogen) atoms. The first-order chi connectivity index (χ1) is 9.11. The highest BCUT2D eigenvalue weighted by Crippen LogP contribution is 2.34. The molecule has 0 saturated carbocycles. The lowest BCUT2D eigenvalue weighted by Crippen LogP contribution is -2.46. The predicted molar refractivity (Wildman–Crippen MR) is 87.3 cm³/mol. The van der Waals surface area contributed by atoms with E-state index in [-0.39, 0.29) is 0 Å². The van der Waals surface area contributed by atoms with Crippen LogP contribution in [0.2, 0.25) is 0 Å². The number of aryl methyl sites for hydroxylation is 2. The van der Waals surface area contributed by atoms with Crippen molar-refractivity contribution < 1.29 is 0 Å². The van der Waals surface area contributed by atoms with E-state index >= 15 is 0 Å². The van der Waals surface area contributed by atoms with Crippen molar-refractivity contribution in [1.82, 2.24) is 15.1 Å². The van der Waals surface area contributed by atoms with Gasteiger partial charge in [0, 0.05) is 47.2 Å². The molecule has 3 unspecified atom stereocenters. The first kappa shape index (κ1) is 15.3. The highest BCUT2D eigenvalue weighted by molar-refractivity contribution is 8.07. The van der Waals surface area contributed by atoms with Gasteiger partial charge >= 0.3 is 0 Å². The largest absolute Gasteiger partial charge is 0.313 e. The Labute approximate surface area is 125 Å². The molecule has 5 heteroatoms. The summed E-state index contributed by atoms with van der Waals surface area (Å²) in [4.78, 5) is 0. The minimum atomic E-state index is 0.549. The second kappa shape index (κ2) is 7.04. The van der Waals surface area contributed by atoms with Gasteiger partial charge in [0.1, 0.15) is 0 Å². The third kappa shape index (κ3) is 3.92. The van der Waals surface area contributed by atoms with Crippen molar-refractivity contribution >= 4 is 23.5 Å². The molecule has 0 radical (unpaired) electrons. The van der Waals surface area contributed by atoms with E-state index in [0.717, 1.165) is 23.9 Å². The van der Waals surface area contributed by atoms with Crippen LogP contribution < -0.4 is 5.32 Å². The van der Waals surface area contributed by atoms with E-state index < -0.39 is 0 Å². The van der Waals surface area contributed by atoms with Crippen LogP contribution >= 0.6 is 23.5 Å². The average Bonchev–Trinajstić information content (AvgIpc) is 2.68. The Bertz CT molecular complexity index is 405. The highest BCUT2D eigenvalue weighted by Gasteiger charge is 2.30. The molecule has 1 N–H and O–H groups in total. The smallest absolute Gasteiger partial charge is 0.0596 e. The topological polar surface area (TPSA) is 29.9 Å². The van der Waals surface area contributed by atoms with Crippen molar-refractivity contribution in [2.24, 2.45) is 7.05 Å². The number of thioether (sulfide) groups is 2. The van der Waals surface area contributed by atoms with Gasteiger partial charge in [-0.15, -0.1) is 0 Å². The summed E-state index contributed by atoms with van der Waals surface area (Å²) < 4.78 is 2.03. The number of aromatic nitrogens is 2. The van der Waals surface area contributed by atoms with Crippen LogP contribution in [0.5, 0.6) is 0 Å². The SMILES string of the molecule is CCNC(Cc1cc(C)nn1C)C1SCCSC1C. The summed E-state index contributed by atoms with van der Waals surface area (Å²) in [6.07, 6.45) is 1.08. The van der Waals surface area contributed by atoms with Gasteiger partial charge in [0.05, 0.1) is 5.69 Å². The molecular weight excluding hydrogens is 274 g/mol. The Morgan fingerprint density at radius 1 is 1.47 bits per heavy atom. The third-order valence-electron chi connectivity index (χ3n) is 3.63. The Balaban J connectivity index is 2.08. The first-order valence-corrected chi connectivity index (χ1v) is 9.17. The standard InChI is InChI=1S/C14H25N3S2/c1-5-15-13(14-11(3)18-6-7-19-14)9-12-8-10(2)16-17(12)4/h8,11,13-15H,5-7,9H2,1-4H3. The lowest BCUT2D eigenvalue weighted by Gasteiger charge is -2.35. The van der Waals surface area contributed by atoms with Gasteiger partial charge in [-0.2, -0.15) is 28.6 Å². The van der Waals surface area contributed by atoms with Gasteiger partial charge in [0.2, 0.25) is 0 Å². The zero-order valence-corrected chi connectivity index (χ0v) is 14.0. The van der Waals surface area contributed by atoms with E-state index in [1.54, 1.807) is 0 Å². The van der Waals surface area contributed by atoms with Crippen LogP contribution in [0.1, 0.15) is 25.2 Å². The van der Waals surface area contributed by atoms with E-state index in [4.69, 9.17) is 0 Å². The monoisotopic (exact) mass is 299 g/mol. The maximum atomic E-state index is 4.47. The van der Waals surface area contributed by atoms with Crippen LogP contribution in [-0.2, 0) is 13.5 Å².